The van der Waals surface area contributed by atoms with Crippen LogP contribution in [0.2, 0.25) is 0 Å². The van der Waals surface area contributed by atoms with Gasteiger partial charge < -0.3 is 24.2 Å². The molecule has 27 heavy (non-hydrogen) atoms. The molecule has 1 N–H and O–H groups in total. The Morgan fingerprint density at radius 1 is 1.41 bits per heavy atom. The molecule has 1 aromatic carbocycles. The van der Waals surface area contributed by atoms with Crippen LogP contribution in [0.3, 0.4) is 0 Å². The number of aromatic nitrogens is 1. The summed E-state index contributed by atoms with van der Waals surface area (Å²) < 4.78 is 30.2. The van der Waals surface area contributed by atoms with E-state index in [1.807, 2.05) is 6.07 Å². The van der Waals surface area contributed by atoms with Crippen molar-refractivity contribution in [1.82, 2.24) is 9.88 Å². The number of rotatable bonds is 4. The lowest BCUT2D eigenvalue weighted by molar-refractivity contribution is -0.0441. The Hall–Kier alpha value is -2.55. The Balaban J connectivity index is 1.51. The van der Waals surface area contributed by atoms with E-state index >= 15 is 0 Å². The molecular formula is C19H19FN2O5. The van der Waals surface area contributed by atoms with Crippen LogP contribution in [0, 0.1) is 5.82 Å². The Bertz CT molecular complexity index is 831. The maximum atomic E-state index is 13.7. The first-order chi connectivity index (χ1) is 13.1. The van der Waals surface area contributed by atoms with Crippen LogP contribution < -0.4 is 4.74 Å². The van der Waals surface area contributed by atoms with Crippen LogP contribution in [-0.4, -0.2) is 53.7 Å². The minimum absolute atomic E-state index is 0.106. The van der Waals surface area contributed by atoms with Crippen LogP contribution in [0.15, 0.2) is 42.6 Å². The average Bonchev–Trinajstić information content (AvgIpc) is 3.13. The van der Waals surface area contributed by atoms with Crippen molar-refractivity contribution in [3.63, 3.8) is 0 Å². The number of fused-ring (bicyclic) bond motifs is 1. The highest BCUT2D eigenvalue weighted by Gasteiger charge is 2.51. The monoisotopic (exact) mass is 374 g/mol. The van der Waals surface area contributed by atoms with Crippen LogP contribution >= 0.6 is 0 Å². The molecule has 2 fully saturated rings. The molecule has 2 saturated heterocycles. The summed E-state index contributed by atoms with van der Waals surface area (Å²) in [6.07, 6.45) is 1.51. The Morgan fingerprint density at radius 3 is 3.04 bits per heavy atom. The smallest absolute Gasteiger partial charge is 0.272 e. The average molecular weight is 374 g/mol. The molecule has 8 heteroatoms. The minimum atomic E-state index is -0.745. The highest BCUT2D eigenvalue weighted by atomic mass is 19.1. The van der Waals surface area contributed by atoms with E-state index < -0.39 is 12.4 Å². The number of amides is 1. The largest absolute Gasteiger partial charge is 0.466 e. The molecule has 7 nitrogen and oxygen atoms in total. The van der Waals surface area contributed by atoms with E-state index in [4.69, 9.17) is 19.3 Å². The molecule has 0 saturated carbocycles. The lowest BCUT2D eigenvalue weighted by Gasteiger charge is -2.41. The summed E-state index contributed by atoms with van der Waals surface area (Å²) in [4.78, 5) is 18.5. The van der Waals surface area contributed by atoms with Gasteiger partial charge >= 0.3 is 0 Å². The predicted octanol–water partition coefficient (Wildman–Crippen LogP) is 1.66. The van der Waals surface area contributed by atoms with Gasteiger partial charge in [-0.05, 0) is 29.8 Å². The van der Waals surface area contributed by atoms with Gasteiger partial charge in [0, 0.05) is 13.0 Å². The van der Waals surface area contributed by atoms with Crippen molar-refractivity contribution < 1.29 is 28.5 Å². The van der Waals surface area contributed by atoms with E-state index in [0.717, 1.165) is 5.56 Å². The molecule has 4 rings (SSSR count). The SMILES string of the molecule is O=C(c1ccc(OCO)cn1)N1CC[C@]2(c3cccc(F)c3)OCO[C@@H]2C1. The number of halogens is 1. The molecule has 0 radical (unpaired) electrons. The van der Waals surface area contributed by atoms with Crippen molar-refractivity contribution in [3.05, 3.63) is 59.7 Å². The summed E-state index contributed by atoms with van der Waals surface area (Å²) in [5.41, 5.74) is 0.253. The Morgan fingerprint density at radius 2 is 2.30 bits per heavy atom. The highest BCUT2D eigenvalue weighted by molar-refractivity contribution is 5.92. The van der Waals surface area contributed by atoms with Gasteiger partial charge in [-0.3, -0.25) is 4.79 Å². The van der Waals surface area contributed by atoms with Crippen LogP contribution in [0.1, 0.15) is 22.5 Å². The maximum Gasteiger partial charge on any atom is 0.272 e. The Kier molecular flexibility index (Phi) is 4.77. The molecule has 142 valence electrons. The van der Waals surface area contributed by atoms with Gasteiger partial charge in [0.1, 0.15) is 35.8 Å². The molecule has 0 aliphatic carbocycles. The van der Waals surface area contributed by atoms with E-state index in [2.05, 4.69) is 4.98 Å². The third-order valence-corrected chi connectivity index (χ3v) is 5.03. The number of benzene rings is 1. The number of carbonyl (C=O) groups excluding carboxylic acids is 1. The zero-order valence-corrected chi connectivity index (χ0v) is 14.5. The molecular weight excluding hydrogens is 355 g/mol. The van der Waals surface area contributed by atoms with Crippen LogP contribution in [-0.2, 0) is 15.1 Å². The lowest BCUT2D eigenvalue weighted by Crippen LogP contribution is -2.53. The second-order valence-electron chi connectivity index (χ2n) is 6.47. The van der Waals surface area contributed by atoms with Crippen molar-refractivity contribution in [1.29, 1.82) is 0 Å². The molecule has 2 atom stereocenters. The van der Waals surface area contributed by atoms with Gasteiger partial charge in [0.2, 0.25) is 0 Å². The number of pyridine rings is 1. The minimum Gasteiger partial charge on any atom is -0.466 e. The summed E-state index contributed by atoms with van der Waals surface area (Å²) in [7, 11) is 0. The van der Waals surface area contributed by atoms with Crippen LogP contribution in [0.4, 0.5) is 4.39 Å². The second kappa shape index (κ2) is 7.22. The van der Waals surface area contributed by atoms with Crippen LogP contribution in [0.5, 0.6) is 5.75 Å². The fraction of sp³-hybridized carbons (Fsp3) is 0.368. The van der Waals surface area contributed by atoms with Gasteiger partial charge in [0.25, 0.3) is 5.91 Å². The van der Waals surface area contributed by atoms with E-state index in [9.17, 15) is 9.18 Å². The van der Waals surface area contributed by atoms with Crippen molar-refractivity contribution in [2.75, 3.05) is 26.7 Å². The topological polar surface area (TPSA) is 81.1 Å². The number of hydrogen-bond donors (Lipinski definition) is 1. The number of hydrogen-bond acceptors (Lipinski definition) is 6. The van der Waals surface area contributed by atoms with Crippen molar-refractivity contribution in [2.45, 2.75) is 18.1 Å². The summed E-state index contributed by atoms with van der Waals surface area (Å²) in [6, 6.07) is 9.44. The quantitative estimate of drug-likeness (QED) is 0.820. The predicted molar refractivity (Wildman–Crippen MR) is 91.4 cm³/mol. The summed E-state index contributed by atoms with van der Waals surface area (Å²) >= 11 is 0. The highest BCUT2D eigenvalue weighted by Crippen LogP contribution is 2.42. The van der Waals surface area contributed by atoms with Gasteiger partial charge in [0.15, 0.2) is 6.79 Å². The van der Waals surface area contributed by atoms with E-state index in [-0.39, 0.29) is 30.3 Å². The molecule has 2 aromatic rings. The molecule has 2 aliphatic rings. The zero-order valence-electron chi connectivity index (χ0n) is 14.5. The van der Waals surface area contributed by atoms with Gasteiger partial charge in [-0.25, -0.2) is 9.37 Å². The maximum absolute atomic E-state index is 13.7. The zero-order chi connectivity index (χ0) is 18.9. The number of nitrogens with zero attached hydrogens (tertiary/aromatic N) is 2. The molecule has 1 amide bonds. The third-order valence-electron chi connectivity index (χ3n) is 5.03. The molecule has 0 bridgehead atoms. The molecule has 0 unspecified atom stereocenters. The number of likely N-dealkylation sites (tertiary alicyclic amines) is 1. The first-order valence-corrected chi connectivity index (χ1v) is 8.63. The van der Waals surface area contributed by atoms with E-state index in [0.29, 0.717) is 25.3 Å². The molecule has 2 aliphatic heterocycles. The number of carbonyl (C=O) groups is 1. The fourth-order valence-corrected chi connectivity index (χ4v) is 3.65. The normalized spacial score (nSPS) is 24.5. The van der Waals surface area contributed by atoms with Crippen molar-refractivity contribution in [2.24, 2.45) is 0 Å². The molecule has 0 spiro atoms. The molecule has 3 heterocycles. The summed E-state index contributed by atoms with van der Waals surface area (Å²) in [5, 5.41) is 8.75. The van der Waals surface area contributed by atoms with Crippen molar-refractivity contribution >= 4 is 5.91 Å². The van der Waals surface area contributed by atoms with Crippen LogP contribution in [0.25, 0.3) is 0 Å². The Labute approximate surface area is 155 Å². The second-order valence-corrected chi connectivity index (χ2v) is 6.47. The number of piperidine rings is 1. The van der Waals surface area contributed by atoms with Crippen molar-refractivity contribution in [3.8, 4) is 5.75 Å². The first-order valence-electron chi connectivity index (χ1n) is 8.63. The lowest BCUT2D eigenvalue weighted by atomic mass is 9.82. The first kappa shape index (κ1) is 17.8. The van der Waals surface area contributed by atoms with Gasteiger partial charge in [0.05, 0.1) is 12.7 Å². The van der Waals surface area contributed by atoms with E-state index in [1.165, 1.54) is 18.3 Å². The number of aliphatic hydroxyl groups excluding tert-OH is 1. The van der Waals surface area contributed by atoms with Gasteiger partial charge in [-0.2, -0.15) is 0 Å². The summed E-state index contributed by atoms with van der Waals surface area (Å²) in [5.74, 6) is -0.178. The standard InChI is InChI=1S/C19H19FN2O5/c20-14-3-1-2-13(8-14)19-6-7-22(10-17(19)26-12-27-19)18(24)16-5-4-15(9-21-16)25-11-23/h1-5,8-9,17,23H,6-7,10-12H2/t17-,19-/m1/s1. The summed E-state index contributed by atoms with van der Waals surface area (Å²) in [6.45, 7) is 0.411. The third kappa shape index (κ3) is 3.27. The fourth-order valence-electron chi connectivity index (χ4n) is 3.65. The number of ether oxygens (including phenoxy) is 3. The van der Waals surface area contributed by atoms with Gasteiger partial charge in [-0.1, -0.05) is 12.1 Å². The van der Waals surface area contributed by atoms with E-state index in [1.54, 1.807) is 23.1 Å². The number of aliphatic hydroxyl groups is 1. The molecule has 1 aromatic heterocycles. The van der Waals surface area contributed by atoms with Gasteiger partial charge in [-0.15, -0.1) is 0 Å².